The number of carbonyl (C=O) groups is 1. The highest BCUT2D eigenvalue weighted by Gasteiger charge is 2.29. The number of hydrogen-bond acceptors (Lipinski definition) is 5. The van der Waals surface area contributed by atoms with Crippen LogP contribution in [0.25, 0.3) is 11.4 Å². The van der Waals surface area contributed by atoms with E-state index >= 15 is 0 Å². The summed E-state index contributed by atoms with van der Waals surface area (Å²) in [7, 11) is 0. The second-order valence-corrected chi connectivity index (χ2v) is 5.04. The molecule has 2 aromatic heterocycles. The summed E-state index contributed by atoms with van der Waals surface area (Å²) in [5.74, 6) is -0.348. The average molecular weight is 261 g/mol. The highest BCUT2D eigenvalue weighted by molar-refractivity contribution is 5.73. The number of hydrogen-bond donors (Lipinski definition) is 1. The average Bonchev–Trinajstić information content (AvgIpc) is 2.76. The third-order valence-corrected chi connectivity index (χ3v) is 2.81. The van der Waals surface area contributed by atoms with Gasteiger partial charge in [0.05, 0.1) is 12.0 Å². The van der Waals surface area contributed by atoms with Crippen LogP contribution in [0, 0.1) is 12.3 Å². The van der Waals surface area contributed by atoms with Gasteiger partial charge in [-0.25, -0.2) is 4.68 Å². The molecule has 0 radical (unpaired) electrons. The lowest BCUT2D eigenvalue weighted by molar-refractivity contribution is -0.147. The van der Waals surface area contributed by atoms with Crippen LogP contribution < -0.4 is 0 Å². The van der Waals surface area contributed by atoms with Crippen molar-refractivity contribution >= 4 is 5.97 Å². The maximum absolute atomic E-state index is 11.2. The molecule has 7 heteroatoms. The van der Waals surface area contributed by atoms with E-state index in [4.69, 9.17) is 5.11 Å². The van der Waals surface area contributed by atoms with E-state index in [9.17, 15) is 4.79 Å². The second-order valence-electron chi connectivity index (χ2n) is 5.04. The van der Waals surface area contributed by atoms with Gasteiger partial charge in [-0.3, -0.25) is 9.78 Å². The summed E-state index contributed by atoms with van der Waals surface area (Å²) in [6, 6.07) is 3.65. The van der Waals surface area contributed by atoms with Crippen molar-refractivity contribution in [2.75, 3.05) is 0 Å². The van der Waals surface area contributed by atoms with Crippen LogP contribution in [0.3, 0.4) is 0 Å². The maximum Gasteiger partial charge on any atom is 0.310 e. The quantitative estimate of drug-likeness (QED) is 0.887. The molecule has 0 atom stereocenters. The van der Waals surface area contributed by atoms with Gasteiger partial charge in [0.25, 0.3) is 0 Å². The van der Waals surface area contributed by atoms with Crippen molar-refractivity contribution in [3.8, 4) is 11.4 Å². The Kier molecular flexibility index (Phi) is 3.28. The molecule has 2 aromatic rings. The molecule has 0 amide bonds. The molecular formula is C12H15N5O2. The summed E-state index contributed by atoms with van der Waals surface area (Å²) >= 11 is 0. The fourth-order valence-electron chi connectivity index (χ4n) is 1.64. The molecule has 0 aromatic carbocycles. The Morgan fingerprint density at radius 2 is 2.21 bits per heavy atom. The van der Waals surface area contributed by atoms with Gasteiger partial charge in [0, 0.05) is 17.5 Å². The molecule has 1 N–H and O–H groups in total. The molecule has 19 heavy (non-hydrogen) atoms. The first kappa shape index (κ1) is 13.1. The number of carboxylic acids is 1. The van der Waals surface area contributed by atoms with Gasteiger partial charge in [0.2, 0.25) is 0 Å². The highest BCUT2D eigenvalue weighted by atomic mass is 16.4. The van der Waals surface area contributed by atoms with E-state index in [1.165, 1.54) is 4.68 Å². The number of carboxylic acid groups (broad SMARTS) is 1. The van der Waals surface area contributed by atoms with Gasteiger partial charge in [0.15, 0.2) is 5.82 Å². The summed E-state index contributed by atoms with van der Waals surface area (Å²) < 4.78 is 1.50. The fraction of sp³-hybridized carbons (Fsp3) is 0.417. The van der Waals surface area contributed by atoms with Gasteiger partial charge in [-0.15, -0.1) is 5.10 Å². The standard InChI is InChI=1S/C12H15N5O2/c1-8-6-9(4-5-13-8)10-14-15-16-17(10)7-12(2,3)11(18)19/h4-6H,7H2,1-3H3,(H,18,19). The topological polar surface area (TPSA) is 93.8 Å². The van der Waals surface area contributed by atoms with E-state index in [2.05, 4.69) is 20.5 Å². The third kappa shape index (κ3) is 2.75. The van der Waals surface area contributed by atoms with Crippen LogP contribution in [0.5, 0.6) is 0 Å². The Balaban J connectivity index is 2.36. The lowest BCUT2D eigenvalue weighted by atomic mass is 9.94. The Bertz CT molecular complexity index is 606. The van der Waals surface area contributed by atoms with Gasteiger partial charge in [-0.1, -0.05) is 0 Å². The van der Waals surface area contributed by atoms with Gasteiger partial charge < -0.3 is 5.11 Å². The molecule has 0 aliphatic carbocycles. The molecule has 7 nitrogen and oxygen atoms in total. The van der Waals surface area contributed by atoms with Crippen LogP contribution in [0.4, 0.5) is 0 Å². The third-order valence-electron chi connectivity index (χ3n) is 2.81. The van der Waals surface area contributed by atoms with E-state index in [0.717, 1.165) is 11.3 Å². The molecule has 0 spiro atoms. The predicted octanol–water partition coefficient (Wildman–Crippen LogP) is 1.15. The zero-order chi connectivity index (χ0) is 14.0. The van der Waals surface area contributed by atoms with Crippen LogP contribution in [-0.4, -0.2) is 36.3 Å². The SMILES string of the molecule is Cc1cc(-c2nnnn2CC(C)(C)C(=O)O)ccn1. The lowest BCUT2D eigenvalue weighted by Crippen LogP contribution is -2.30. The summed E-state index contributed by atoms with van der Waals surface area (Å²) in [6.07, 6.45) is 1.67. The fourth-order valence-corrected chi connectivity index (χ4v) is 1.64. The normalized spacial score (nSPS) is 11.5. The monoisotopic (exact) mass is 261 g/mol. The van der Waals surface area contributed by atoms with Crippen molar-refractivity contribution in [2.24, 2.45) is 5.41 Å². The van der Waals surface area contributed by atoms with Gasteiger partial charge in [0.1, 0.15) is 0 Å². The molecular weight excluding hydrogens is 246 g/mol. The zero-order valence-corrected chi connectivity index (χ0v) is 11.0. The molecule has 0 aliphatic rings. The Morgan fingerprint density at radius 3 is 2.84 bits per heavy atom. The molecule has 0 fully saturated rings. The number of rotatable bonds is 4. The predicted molar refractivity (Wildman–Crippen MR) is 67.2 cm³/mol. The first-order valence-corrected chi connectivity index (χ1v) is 5.83. The smallest absolute Gasteiger partial charge is 0.310 e. The van der Waals surface area contributed by atoms with Gasteiger partial charge in [-0.2, -0.15) is 0 Å². The molecule has 2 heterocycles. The summed E-state index contributed by atoms with van der Waals surface area (Å²) in [6.45, 7) is 5.35. The minimum absolute atomic E-state index is 0.200. The van der Waals surface area contributed by atoms with Crippen molar-refractivity contribution < 1.29 is 9.90 Å². The summed E-state index contributed by atoms with van der Waals surface area (Å²) in [4.78, 5) is 15.3. The second kappa shape index (κ2) is 4.75. The van der Waals surface area contributed by atoms with Gasteiger partial charge >= 0.3 is 5.97 Å². The Hall–Kier alpha value is -2.31. The lowest BCUT2D eigenvalue weighted by Gasteiger charge is -2.19. The van der Waals surface area contributed by atoms with E-state index < -0.39 is 11.4 Å². The first-order valence-electron chi connectivity index (χ1n) is 5.83. The molecule has 0 aliphatic heterocycles. The zero-order valence-electron chi connectivity index (χ0n) is 11.0. The molecule has 0 saturated carbocycles. The van der Waals surface area contributed by atoms with Crippen LogP contribution >= 0.6 is 0 Å². The van der Waals surface area contributed by atoms with E-state index in [0.29, 0.717) is 5.82 Å². The number of aryl methyl sites for hydroxylation is 1. The number of aromatic nitrogens is 5. The van der Waals surface area contributed by atoms with Crippen LogP contribution in [0.15, 0.2) is 18.3 Å². The minimum atomic E-state index is -0.938. The molecule has 0 bridgehead atoms. The molecule has 0 saturated heterocycles. The van der Waals surface area contributed by atoms with Crippen molar-refractivity contribution in [1.82, 2.24) is 25.2 Å². The Morgan fingerprint density at radius 1 is 1.47 bits per heavy atom. The number of pyridine rings is 1. The summed E-state index contributed by atoms with van der Waals surface area (Å²) in [5.41, 5.74) is 0.731. The van der Waals surface area contributed by atoms with Crippen molar-refractivity contribution in [3.05, 3.63) is 24.0 Å². The minimum Gasteiger partial charge on any atom is -0.481 e. The Labute approximate surface area is 110 Å². The first-order chi connectivity index (χ1) is 8.90. The van der Waals surface area contributed by atoms with Crippen molar-refractivity contribution in [2.45, 2.75) is 27.3 Å². The van der Waals surface area contributed by atoms with Crippen LogP contribution in [0.1, 0.15) is 19.5 Å². The van der Waals surface area contributed by atoms with Gasteiger partial charge in [-0.05, 0) is 43.3 Å². The van der Waals surface area contributed by atoms with Crippen LogP contribution in [0.2, 0.25) is 0 Å². The molecule has 100 valence electrons. The largest absolute Gasteiger partial charge is 0.481 e. The number of nitrogens with zero attached hydrogens (tertiary/aromatic N) is 5. The maximum atomic E-state index is 11.2. The summed E-state index contributed by atoms with van der Waals surface area (Å²) in [5, 5.41) is 20.6. The van der Waals surface area contributed by atoms with E-state index in [1.807, 2.05) is 13.0 Å². The van der Waals surface area contributed by atoms with E-state index in [1.54, 1.807) is 26.1 Å². The van der Waals surface area contributed by atoms with Crippen molar-refractivity contribution in [1.29, 1.82) is 0 Å². The highest BCUT2D eigenvalue weighted by Crippen LogP contribution is 2.22. The van der Waals surface area contributed by atoms with Crippen molar-refractivity contribution in [3.63, 3.8) is 0 Å². The molecule has 2 rings (SSSR count). The van der Waals surface area contributed by atoms with E-state index in [-0.39, 0.29) is 6.54 Å². The van der Waals surface area contributed by atoms with Crippen LogP contribution in [-0.2, 0) is 11.3 Å². The number of tetrazole rings is 1. The number of aliphatic carboxylic acids is 1. The molecule has 0 unspecified atom stereocenters.